The van der Waals surface area contributed by atoms with Crippen LogP contribution in [0.2, 0.25) is 5.02 Å². The smallest absolute Gasteiger partial charge is 0.336 e. The Labute approximate surface area is 191 Å². The third kappa shape index (κ3) is 5.07. The van der Waals surface area contributed by atoms with Crippen LogP contribution in [0.4, 0.5) is 16.2 Å². The van der Waals surface area contributed by atoms with Crippen molar-refractivity contribution in [1.29, 1.82) is 0 Å². The lowest BCUT2D eigenvalue weighted by Crippen LogP contribution is -2.19. The van der Waals surface area contributed by atoms with E-state index in [-0.39, 0.29) is 6.03 Å². The molecule has 162 valence electrons. The van der Waals surface area contributed by atoms with Crippen molar-refractivity contribution in [3.63, 3.8) is 0 Å². The quantitative estimate of drug-likeness (QED) is 0.383. The minimum Gasteiger partial charge on any atom is -0.463 e. The van der Waals surface area contributed by atoms with Crippen LogP contribution in [0.1, 0.15) is 12.5 Å². The van der Waals surface area contributed by atoms with E-state index in [0.29, 0.717) is 34.8 Å². The van der Waals surface area contributed by atoms with Crippen LogP contribution in [0.15, 0.2) is 72.8 Å². The highest BCUT2D eigenvalue weighted by atomic mass is 35.5. The van der Waals surface area contributed by atoms with Gasteiger partial charge in [-0.15, -0.1) is 5.10 Å². The molecule has 32 heavy (non-hydrogen) atoms. The van der Waals surface area contributed by atoms with Crippen molar-refractivity contribution >= 4 is 29.0 Å². The first kappa shape index (κ1) is 21.4. The highest BCUT2D eigenvalue weighted by Gasteiger charge is 2.15. The number of aromatic nitrogens is 3. The molecule has 0 fully saturated rings. The van der Waals surface area contributed by atoms with Crippen LogP contribution in [-0.4, -0.2) is 27.4 Å². The van der Waals surface area contributed by atoms with E-state index in [0.717, 1.165) is 16.8 Å². The standard InChI is InChI=1S/C24H22ClN5O2/c1-3-32-24-28-22(17-9-7-16(2)8-10-17)30(29-24)21-13-11-19(12-14-21)26-23(31)27-20-6-4-5-18(25)15-20/h4-15H,3H2,1-2H3,(H2,26,27,31). The van der Waals surface area contributed by atoms with E-state index in [1.807, 2.05) is 50.2 Å². The zero-order valence-electron chi connectivity index (χ0n) is 17.7. The van der Waals surface area contributed by atoms with Gasteiger partial charge in [-0.1, -0.05) is 47.5 Å². The summed E-state index contributed by atoms with van der Waals surface area (Å²) in [5.41, 5.74) is 4.13. The van der Waals surface area contributed by atoms with Crippen LogP contribution < -0.4 is 15.4 Å². The molecule has 0 bridgehead atoms. The monoisotopic (exact) mass is 447 g/mol. The maximum atomic E-state index is 12.3. The number of anilines is 2. The lowest BCUT2D eigenvalue weighted by atomic mass is 10.1. The number of carbonyl (C=O) groups excluding carboxylic acids is 1. The van der Waals surface area contributed by atoms with Crippen molar-refractivity contribution in [1.82, 2.24) is 14.8 Å². The van der Waals surface area contributed by atoms with E-state index in [2.05, 4.69) is 20.7 Å². The summed E-state index contributed by atoms with van der Waals surface area (Å²) in [5.74, 6) is 0.674. The summed E-state index contributed by atoms with van der Waals surface area (Å²) in [4.78, 5) is 16.8. The van der Waals surface area contributed by atoms with Crippen molar-refractivity contribution in [2.45, 2.75) is 13.8 Å². The number of aryl methyl sites for hydroxylation is 1. The molecule has 0 aliphatic rings. The summed E-state index contributed by atoms with van der Waals surface area (Å²) in [6, 6.07) is 22.3. The number of hydrogen-bond acceptors (Lipinski definition) is 4. The molecule has 0 unspecified atom stereocenters. The first-order chi connectivity index (χ1) is 15.5. The number of rotatable bonds is 6. The molecule has 4 rings (SSSR count). The molecule has 0 radical (unpaired) electrons. The highest BCUT2D eigenvalue weighted by Crippen LogP contribution is 2.25. The number of nitrogens with zero attached hydrogens (tertiary/aromatic N) is 3. The van der Waals surface area contributed by atoms with Crippen LogP contribution in [-0.2, 0) is 0 Å². The molecule has 0 aliphatic carbocycles. The molecule has 1 aromatic heterocycles. The first-order valence-electron chi connectivity index (χ1n) is 10.1. The molecule has 4 aromatic rings. The Bertz CT molecular complexity index is 1220. The molecule has 0 aliphatic heterocycles. The third-order valence-electron chi connectivity index (χ3n) is 4.62. The number of carbonyl (C=O) groups is 1. The average Bonchev–Trinajstić information content (AvgIpc) is 3.19. The Morgan fingerprint density at radius 1 is 1.00 bits per heavy atom. The summed E-state index contributed by atoms with van der Waals surface area (Å²) in [7, 11) is 0. The lowest BCUT2D eigenvalue weighted by Gasteiger charge is -2.10. The van der Waals surface area contributed by atoms with Gasteiger partial charge in [0.25, 0.3) is 0 Å². The van der Waals surface area contributed by atoms with Gasteiger partial charge in [0.05, 0.1) is 12.3 Å². The zero-order chi connectivity index (χ0) is 22.5. The van der Waals surface area contributed by atoms with Crippen LogP contribution in [0.5, 0.6) is 6.01 Å². The molecule has 0 saturated heterocycles. The third-order valence-corrected chi connectivity index (χ3v) is 4.86. The molecule has 1 heterocycles. The highest BCUT2D eigenvalue weighted by molar-refractivity contribution is 6.30. The Morgan fingerprint density at radius 3 is 2.41 bits per heavy atom. The SMILES string of the molecule is CCOc1nc(-c2ccc(C)cc2)n(-c2ccc(NC(=O)Nc3cccc(Cl)c3)cc2)n1. The topological polar surface area (TPSA) is 81.1 Å². The second-order valence-electron chi connectivity index (χ2n) is 7.07. The van der Waals surface area contributed by atoms with Gasteiger partial charge in [0.1, 0.15) is 0 Å². The number of ether oxygens (including phenoxy) is 1. The van der Waals surface area contributed by atoms with Gasteiger partial charge in [-0.25, -0.2) is 9.48 Å². The maximum absolute atomic E-state index is 12.3. The van der Waals surface area contributed by atoms with E-state index in [9.17, 15) is 4.79 Å². The Morgan fingerprint density at radius 2 is 1.72 bits per heavy atom. The summed E-state index contributed by atoms with van der Waals surface area (Å²) in [6.07, 6.45) is 0. The predicted octanol–water partition coefficient (Wildman–Crippen LogP) is 5.94. The van der Waals surface area contributed by atoms with E-state index >= 15 is 0 Å². The summed E-state index contributed by atoms with van der Waals surface area (Å²) < 4.78 is 7.25. The van der Waals surface area contributed by atoms with E-state index in [1.165, 1.54) is 0 Å². The molecule has 3 aromatic carbocycles. The molecule has 8 heteroatoms. The van der Waals surface area contributed by atoms with Gasteiger partial charge < -0.3 is 15.4 Å². The second-order valence-corrected chi connectivity index (χ2v) is 7.50. The molecule has 2 N–H and O–H groups in total. The van der Waals surface area contributed by atoms with E-state index in [4.69, 9.17) is 16.3 Å². The van der Waals surface area contributed by atoms with Crippen LogP contribution in [0, 0.1) is 6.92 Å². The van der Waals surface area contributed by atoms with Gasteiger partial charge in [-0.05, 0) is 56.3 Å². The Hall–Kier alpha value is -3.84. The van der Waals surface area contributed by atoms with Crippen LogP contribution in [0.25, 0.3) is 17.1 Å². The normalized spacial score (nSPS) is 10.6. The average molecular weight is 448 g/mol. The van der Waals surface area contributed by atoms with Crippen molar-refractivity contribution in [3.05, 3.63) is 83.4 Å². The zero-order valence-corrected chi connectivity index (χ0v) is 18.4. The maximum Gasteiger partial charge on any atom is 0.336 e. The minimum atomic E-state index is -0.361. The number of urea groups is 1. The fourth-order valence-corrected chi connectivity index (χ4v) is 3.29. The fourth-order valence-electron chi connectivity index (χ4n) is 3.10. The lowest BCUT2D eigenvalue weighted by molar-refractivity contribution is 0.262. The van der Waals surface area contributed by atoms with E-state index in [1.54, 1.807) is 41.1 Å². The number of hydrogen-bond donors (Lipinski definition) is 2. The summed E-state index contributed by atoms with van der Waals surface area (Å²) >= 11 is 5.96. The Balaban J connectivity index is 1.54. The number of benzene rings is 3. The number of halogens is 1. The molecular weight excluding hydrogens is 426 g/mol. The molecule has 0 spiro atoms. The fraction of sp³-hybridized carbons (Fsp3) is 0.125. The largest absolute Gasteiger partial charge is 0.463 e. The van der Waals surface area contributed by atoms with Crippen LogP contribution in [0.3, 0.4) is 0 Å². The molecular formula is C24H22ClN5O2. The van der Waals surface area contributed by atoms with Crippen molar-refractivity contribution in [3.8, 4) is 23.1 Å². The van der Waals surface area contributed by atoms with Crippen LogP contribution >= 0.6 is 11.6 Å². The predicted molar refractivity (Wildman–Crippen MR) is 127 cm³/mol. The van der Waals surface area contributed by atoms with Crippen molar-refractivity contribution < 1.29 is 9.53 Å². The summed E-state index contributed by atoms with van der Waals surface area (Å²) in [6.45, 7) is 4.40. The van der Waals surface area contributed by atoms with Gasteiger partial charge in [0.15, 0.2) is 5.82 Å². The van der Waals surface area contributed by atoms with Gasteiger partial charge in [0.2, 0.25) is 0 Å². The van der Waals surface area contributed by atoms with Gasteiger partial charge in [0, 0.05) is 22.0 Å². The number of nitrogens with one attached hydrogen (secondary N) is 2. The first-order valence-corrected chi connectivity index (χ1v) is 10.5. The van der Waals surface area contributed by atoms with Crippen molar-refractivity contribution in [2.75, 3.05) is 17.2 Å². The molecule has 0 saturated carbocycles. The minimum absolute atomic E-state index is 0.311. The number of amides is 2. The summed E-state index contributed by atoms with van der Waals surface area (Å²) in [5, 5.41) is 10.6. The van der Waals surface area contributed by atoms with Gasteiger partial charge >= 0.3 is 12.0 Å². The van der Waals surface area contributed by atoms with Crippen molar-refractivity contribution in [2.24, 2.45) is 0 Å². The Kier molecular flexibility index (Phi) is 6.37. The molecule has 0 atom stereocenters. The van der Waals surface area contributed by atoms with Gasteiger partial charge in [-0.2, -0.15) is 4.98 Å². The van der Waals surface area contributed by atoms with E-state index < -0.39 is 0 Å². The molecule has 7 nitrogen and oxygen atoms in total. The second kappa shape index (κ2) is 9.53. The molecule has 2 amide bonds. The van der Waals surface area contributed by atoms with Gasteiger partial charge in [-0.3, -0.25) is 0 Å².